The molecule has 0 bridgehead atoms. The van der Waals surface area contributed by atoms with Crippen LogP contribution in [0.1, 0.15) is 43.0 Å². The fraction of sp³-hybridized carbons (Fsp3) is 0.632. The molecular weight excluding hydrogens is 364 g/mol. The minimum atomic E-state index is -3.09. The van der Waals surface area contributed by atoms with Gasteiger partial charge in [-0.1, -0.05) is 6.92 Å². The molecule has 1 saturated carbocycles. The van der Waals surface area contributed by atoms with Crippen LogP contribution < -0.4 is 21.3 Å². The van der Waals surface area contributed by atoms with Gasteiger partial charge in [0.2, 0.25) is 0 Å². The van der Waals surface area contributed by atoms with Gasteiger partial charge in [-0.2, -0.15) is 0 Å². The van der Waals surface area contributed by atoms with Gasteiger partial charge in [0.05, 0.1) is 28.4 Å². The van der Waals surface area contributed by atoms with Crippen molar-refractivity contribution in [2.24, 2.45) is 5.92 Å². The molecule has 1 amide bonds. The standard InChI is InChI=1S/C19H32N4O3S/c1-13-5-7-14(8-6-13)22-19(24)15-11-16(20)17(21-2)12-18(15)23(3)9-10-27(4,25)26/h11-14,21H,5-10,20H2,1-4H3,(H,22,24). The maximum Gasteiger partial charge on any atom is 0.253 e. The molecule has 0 unspecified atom stereocenters. The highest BCUT2D eigenvalue weighted by Crippen LogP contribution is 2.30. The number of carbonyl (C=O) groups is 1. The number of sulfone groups is 1. The highest BCUT2D eigenvalue weighted by atomic mass is 32.2. The van der Waals surface area contributed by atoms with Crippen molar-refractivity contribution in [3.63, 3.8) is 0 Å². The largest absolute Gasteiger partial charge is 0.397 e. The van der Waals surface area contributed by atoms with Gasteiger partial charge in [0.25, 0.3) is 5.91 Å². The van der Waals surface area contributed by atoms with E-state index in [-0.39, 0.29) is 17.7 Å². The van der Waals surface area contributed by atoms with Crippen LogP contribution in [-0.2, 0) is 9.84 Å². The number of nitrogens with two attached hydrogens (primary N) is 1. The summed E-state index contributed by atoms with van der Waals surface area (Å²) < 4.78 is 23.0. The highest BCUT2D eigenvalue weighted by Gasteiger charge is 2.23. The predicted molar refractivity (Wildman–Crippen MR) is 112 cm³/mol. The zero-order chi connectivity index (χ0) is 20.2. The number of anilines is 3. The molecule has 1 aromatic rings. The van der Waals surface area contributed by atoms with Crippen LogP contribution in [-0.4, -0.2) is 53.0 Å². The number of benzene rings is 1. The van der Waals surface area contributed by atoms with Crippen LogP contribution in [0.25, 0.3) is 0 Å². The summed E-state index contributed by atoms with van der Waals surface area (Å²) in [4.78, 5) is 14.7. The summed E-state index contributed by atoms with van der Waals surface area (Å²) in [5.74, 6) is 0.566. The van der Waals surface area contributed by atoms with Crippen molar-refractivity contribution in [3.05, 3.63) is 17.7 Å². The Balaban J connectivity index is 2.24. The lowest BCUT2D eigenvalue weighted by Crippen LogP contribution is -2.38. The molecule has 1 fully saturated rings. The maximum atomic E-state index is 12.9. The second-order valence-electron chi connectivity index (χ2n) is 7.69. The van der Waals surface area contributed by atoms with Gasteiger partial charge in [-0.05, 0) is 43.7 Å². The molecule has 152 valence electrons. The molecule has 0 radical (unpaired) electrons. The quantitative estimate of drug-likeness (QED) is 0.610. The molecule has 1 aliphatic rings. The molecule has 7 nitrogen and oxygen atoms in total. The van der Waals surface area contributed by atoms with Gasteiger partial charge in [0.15, 0.2) is 0 Å². The Hall–Kier alpha value is -1.96. The average molecular weight is 397 g/mol. The molecule has 0 aromatic heterocycles. The Kier molecular flexibility index (Phi) is 6.97. The lowest BCUT2D eigenvalue weighted by molar-refractivity contribution is 0.0923. The van der Waals surface area contributed by atoms with Gasteiger partial charge in [0.1, 0.15) is 9.84 Å². The minimum Gasteiger partial charge on any atom is -0.397 e. The molecule has 0 saturated heterocycles. The number of rotatable bonds is 7. The predicted octanol–water partition coefficient (Wildman–Crippen LogP) is 2.10. The second kappa shape index (κ2) is 8.82. The lowest BCUT2D eigenvalue weighted by Gasteiger charge is -2.28. The molecule has 0 aliphatic heterocycles. The third-order valence-electron chi connectivity index (χ3n) is 5.24. The fourth-order valence-corrected chi connectivity index (χ4v) is 4.02. The number of nitrogen functional groups attached to an aromatic ring is 1. The van der Waals surface area contributed by atoms with E-state index in [1.165, 1.54) is 6.26 Å². The summed E-state index contributed by atoms with van der Waals surface area (Å²) >= 11 is 0. The van der Waals surface area contributed by atoms with Crippen molar-refractivity contribution in [3.8, 4) is 0 Å². The second-order valence-corrected chi connectivity index (χ2v) is 9.95. The third kappa shape index (κ3) is 6.02. The first-order valence-corrected chi connectivity index (χ1v) is 11.5. The zero-order valence-electron chi connectivity index (χ0n) is 16.7. The molecule has 0 atom stereocenters. The van der Waals surface area contributed by atoms with Crippen LogP contribution in [0.2, 0.25) is 0 Å². The zero-order valence-corrected chi connectivity index (χ0v) is 17.5. The topological polar surface area (TPSA) is 105 Å². The molecule has 4 N–H and O–H groups in total. The van der Waals surface area contributed by atoms with Gasteiger partial charge in [-0.3, -0.25) is 4.79 Å². The van der Waals surface area contributed by atoms with Crippen LogP contribution in [0.3, 0.4) is 0 Å². The summed E-state index contributed by atoms with van der Waals surface area (Å²) in [6, 6.07) is 3.64. The van der Waals surface area contributed by atoms with Gasteiger partial charge >= 0.3 is 0 Å². The van der Waals surface area contributed by atoms with Gasteiger partial charge in [0, 0.05) is 32.9 Å². The van der Waals surface area contributed by atoms with E-state index in [1.54, 1.807) is 31.1 Å². The Morgan fingerprint density at radius 2 is 1.89 bits per heavy atom. The monoisotopic (exact) mass is 396 g/mol. The normalized spacial score (nSPS) is 20.1. The van der Waals surface area contributed by atoms with Crippen molar-refractivity contribution in [1.29, 1.82) is 0 Å². The van der Waals surface area contributed by atoms with Crippen LogP contribution in [0, 0.1) is 5.92 Å². The molecule has 1 aliphatic carbocycles. The number of nitrogens with zero attached hydrogens (tertiary/aromatic N) is 1. The Labute approximate surface area is 162 Å². The Morgan fingerprint density at radius 3 is 2.44 bits per heavy atom. The first-order valence-electron chi connectivity index (χ1n) is 9.41. The van der Waals surface area contributed by atoms with Crippen LogP contribution >= 0.6 is 0 Å². The number of amides is 1. The number of hydrogen-bond donors (Lipinski definition) is 3. The summed E-state index contributed by atoms with van der Waals surface area (Å²) in [7, 11) is 0.451. The van der Waals surface area contributed by atoms with Crippen LogP contribution in [0.5, 0.6) is 0 Å². The van der Waals surface area contributed by atoms with Crippen LogP contribution in [0.15, 0.2) is 12.1 Å². The van der Waals surface area contributed by atoms with E-state index in [2.05, 4.69) is 17.6 Å². The maximum absolute atomic E-state index is 12.9. The lowest BCUT2D eigenvalue weighted by atomic mass is 9.87. The van der Waals surface area contributed by atoms with E-state index in [0.717, 1.165) is 25.7 Å². The SMILES string of the molecule is CNc1cc(N(C)CCS(C)(=O)=O)c(C(=O)NC2CCC(C)CC2)cc1N. The molecule has 2 rings (SSSR count). The van der Waals surface area contributed by atoms with Crippen LogP contribution in [0.4, 0.5) is 17.1 Å². The van der Waals surface area contributed by atoms with E-state index in [9.17, 15) is 13.2 Å². The van der Waals surface area contributed by atoms with Crippen molar-refractivity contribution >= 4 is 32.8 Å². The molecule has 0 spiro atoms. The van der Waals surface area contributed by atoms with Gasteiger partial charge in [-0.15, -0.1) is 0 Å². The number of carbonyl (C=O) groups excluding carboxylic acids is 1. The summed E-state index contributed by atoms with van der Waals surface area (Å²) in [6.07, 6.45) is 5.41. The number of hydrogen-bond acceptors (Lipinski definition) is 6. The van der Waals surface area contributed by atoms with Crippen molar-refractivity contribution < 1.29 is 13.2 Å². The minimum absolute atomic E-state index is 0.0182. The van der Waals surface area contributed by atoms with Gasteiger partial charge < -0.3 is 21.3 Å². The Morgan fingerprint density at radius 1 is 1.26 bits per heavy atom. The summed E-state index contributed by atoms with van der Waals surface area (Å²) in [5, 5.41) is 6.14. The number of nitrogens with one attached hydrogen (secondary N) is 2. The average Bonchev–Trinajstić information content (AvgIpc) is 2.60. The molecule has 8 heteroatoms. The highest BCUT2D eigenvalue weighted by molar-refractivity contribution is 7.90. The van der Waals surface area contributed by atoms with Crippen molar-refractivity contribution in [1.82, 2.24) is 5.32 Å². The smallest absolute Gasteiger partial charge is 0.253 e. The molecular formula is C19H32N4O3S. The molecule has 1 aromatic carbocycles. The fourth-order valence-electron chi connectivity index (χ4n) is 3.41. The molecule has 0 heterocycles. The first kappa shape index (κ1) is 21.3. The van der Waals surface area contributed by atoms with Gasteiger partial charge in [-0.25, -0.2) is 8.42 Å². The van der Waals surface area contributed by atoms with E-state index in [1.807, 2.05) is 0 Å². The summed E-state index contributed by atoms with van der Waals surface area (Å²) in [5.41, 5.74) is 8.41. The van der Waals surface area contributed by atoms with E-state index >= 15 is 0 Å². The van der Waals surface area contributed by atoms with E-state index in [4.69, 9.17) is 5.73 Å². The van der Waals surface area contributed by atoms with E-state index < -0.39 is 9.84 Å². The van der Waals surface area contributed by atoms with Crippen molar-refractivity contribution in [2.45, 2.75) is 38.6 Å². The summed E-state index contributed by atoms with van der Waals surface area (Å²) in [6.45, 7) is 2.54. The molecule has 27 heavy (non-hydrogen) atoms. The Bertz CT molecular complexity index is 771. The van der Waals surface area contributed by atoms with E-state index in [0.29, 0.717) is 35.1 Å². The van der Waals surface area contributed by atoms with Crippen molar-refractivity contribution in [2.75, 3.05) is 48.6 Å². The third-order valence-corrected chi connectivity index (χ3v) is 6.17. The first-order chi connectivity index (χ1) is 12.6.